The lowest BCUT2D eigenvalue weighted by atomic mass is 10.0. The molecule has 1 aliphatic carbocycles. The maximum atomic E-state index is 3.49. The van der Waals surface area contributed by atoms with Gasteiger partial charge in [0.15, 0.2) is 0 Å². The Hall–Kier alpha value is 0.520. The first-order chi connectivity index (χ1) is 11.1. The minimum absolute atomic E-state index is 0.953. The van der Waals surface area contributed by atoms with Crippen molar-refractivity contribution >= 4 is 63.7 Å². The van der Waals surface area contributed by atoms with Gasteiger partial charge in [-0.15, -0.1) is 0 Å². The van der Waals surface area contributed by atoms with Gasteiger partial charge in [0.25, 0.3) is 0 Å². The first-order valence-corrected chi connectivity index (χ1v) is 11.4. The number of rotatable bonds is 0. The van der Waals surface area contributed by atoms with E-state index in [-0.39, 0.29) is 0 Å². The summed E-state index contributed by atoms with van der Waals surface area (Å²) >= 11 is 14.0. The van der Waals surface area contributed by atoms with Crippen molar-refractivity contribution in [2.45, 2.75) is 70.6 Å². The normalized spacial score (nSPS) is 18.1. The van der Waals surface area contributed by atoms with E-state index in [1.54, 1.807) is 0 Å². The molecule has 0 fully saturated rings. The second-order valence-corrected chi connectivity index (χ2v) is 11.0. The van der Waals surface area contributed by atoms with Crippen LogP contribution < -0.4 is 0 Å². The molecule has 0 saturated heterocycles. The summed E-state index contributed by atoms with van der Waals surface area (Å²) < 4.78 is 1.91. The van der Waals surface area contributed by atoms with Gasteiger partial charge in [-0.1, -0.05) is 56.8 Å². The summed E-state index contributed by atoms with van der Waals surface area (Å²) in [5, 5.41) is 0. The second-order valence-electron chi connectivity index (χ2n) is 5.66. The maximum Gasteiger partial charge on any atom is 0.0719 e. The van der Waals surface area contributed by atoms with Crippen molar-refractivity contribution in [1.29, 1.82) is 0 Å². The fourth-order valence-electron chi connectivity index (χ4n) is 2.46. The molecule has 0 aromatic carbocycles. The van der Waals surface area contributed by atoms with Gasteiger partial charge in [0.1, 0.15) is 0 Å². The molecule has 126 valence electrons. The van der Waals surface area contributed by atoms with Crippen LogP contribution in [-0.4, -0.2) is 0 Å². The Labute approximate surface area is 174 Å². The summed E-state index contributed by atoms with van der Waals surface area (Å²) in [5.74, 6) is 12.3. The molecule has 0 aliphatic heterocycles. The molecule has 1 aliphatic rings. The molecule has 0 aromatic heterocycles. The standard InChI is InChI=1S/C19H22Br4/c20-18(21)16-12-8-6-4-2-1-3-5-7-9-13-17(19(22)23)15-11-10-14-16/h1-9,12-13H2. The van der Waals surface area contributed by atoms with E-state index >= 15 is 0 Å². The number of halogens is 4. The fraction of sp³-hybridized carbons (Fsp3) is 0.579. The zero-order valence-corrected chi connectivity index (χ0v) is 19.6. The van der Waals surface area contributed by atoms with E-state index in [1.165, 1.54) is 57.8 Å². The fourth-order valence-corrected chi connectivity index (χ4v) is 3.65. The molecular formula is C19H22Br4. The maximum absolute atomic E-state index is 3.49. The summed E-state index contributed by atoms with van der Waals surface area (Å²) in [7, 11) is 0. The Morgan fingerprint density at radius 2 is 0.826 bits per heavy atom. The number of hydrogen-bond acceptors (Lipinski definition) is 0. The highest BCUT2D eigenvalue weighted by Gasteiger charge is 2.01. The smallest absolute Gasteiger partial charge is 0.0555 e. The quantitative estimate of drug-likeness (QED) is 0.257. The first-order valence-electron chi connectivity index (χ1n) is 8.21. The third-order valence-electron chi connectivity index (χ3n) is 3.80. The van der Waals surface area contributed by atoms with Gasteiger partial charge < -0.3 is 0 Å². The number of hydrogen-bond donors (Lipinski definition) is 0. The zero-order valence-electron chi connectivity index (χ0n) is 13.3. The van der Waals surface area contributed by atoms with Gasteiger partial charge in [-0.3, -0.25) is 0 Å². The molecule has 23 heavy (non-hydrogen) atoms. The van der Waals surface area contributed by atoms with Gasteiger partial charge in [0.2, 0.25) is 0 Å². The van der Waals surface area contributed by atoms with Gasteiger partial charge in [-0.05, 0) is 101 Å². The van der Waals surface area contributed by atoms with E-state index in [0.717, 1.165) is 30.8 Å². The van der Waals surface area contributed by atoms with Crippen molar-refractivity contribution in [2.75, 3.05) is 0 Å². The molecule has 0 spiro atoms. The molecule has 0 nitrogen and oxygen atoms in total. The van der Waals surface area contributed by atoms with Crippen LogP contribution in [0.25, 0.3) is 0 Å². The summed E-state index contributed by atoms with van der Waals surface area (Å²) in [6, 6.07) is 0. The minimum atomic E-state index is 0.953. The van der Waals surface area contributed by atoms with Crippen LogP contribution in [0.1, 0.15) is 70.6 Å². The minimum Gasteiger partial charge on any atom is -0.0555 e. The summed E-state index contributed by atoms with van der Waals surface area (Å²) in [6.07, 6.45) is 13.7. The van der Waals surface area contributed by atoms with Crippen molar-refractivity contribution < 1.29 is 0 Å². The van der Waals surface area contributed by atoms with E-state index in [1.807, 2.05) is 0 Å². The molecule has 0 radical (unpaired) electrons. The predicted molar refractivity (Wildman–Crippen MR) is 116 cm³/mol. The van der Waals surface area contributed by atoms with Crippen molar-refractivity contribution in [2.24, 2.45) is 0 Å². The van der Waals surface area contributed by atoms with Crippen molar-refractivity contribution in [1.82, 2.24) is 0 Å². The highest BCUT2D eigenvalue weighted by molar-refractivity contribution is 9.28. The topological polar surface area (TPSA) is 0 Å². The van der Waals surface area contributed by atoms with Crippen LogP contribution in [0.4, 0.5) is 0 Å². The van der Waals surface area contributed by atoms with E-state index in [9.17, 15) is 0 Å². The van der Waals surface area contributed by atoms with Crippen LogP contribution in [0.2, 0.25) is 0 Å². The third kappa shape index (κ3) is 10.9. The Morgan fingerprint density at radius 1 is 0.522 bits per heavy atom. The first kappa shape index (κ1) is 21.6. The van der Waals surface area contributed by atoms with E-state index < -0.39 is 0 Å². The lowest BCUT2D eigenvalue weighted by Gasteiger charge is -2.04. The average molecular weight is 570 g/mol. The van der Waals surface area contributed by atoms with Gasteiger partial charge in [-0.25, -0.2) is 0 Å². The predicted octanol–water partition coefficient (Wildman–Crippen LogP) is 8.30. The van der Waals surface area contributed by atoms with Crippen LogP contribution >= 0.6 is 63.7 Å². The number of allylic oxidation sites excluding steroid dienone is 2. The van der Waals surface area contributed by atoms with Gasteiger partial charge in [-0.2, -0.15) is 0 Å². The molecule has 0 N–H and O–H groups in total. The molecule has 4 heteroatoms. The third-order valence-corrected chi connectivity index (χ3v) is 5.71. The van der Waals surface area contributed by atoms with Crippen LogP contribution in [0.3, 0.4) is 0 Å². The molecule has 0 unspecified atom stereocenters. The molecule has 0 atom stereocenters. The van der Waals surface area contributed by atoms with Crippen LogP contribution in [0.5, 0.6) is 0 Å². The van der Waals surface area contributed by atoms with E-state index in [0.29, 0.717) is 0 Å². The summed E-state index contributed by atoms with van der Waals surface area (Å²) in [4.78, 5) is 0. The lowest BCUT2D eigenvalue weighted by Crippen LogP contribution is -1.85. The molecular weight excluding hydrogens is 548 g/mol. The highest BCUT2D eigenvalue weighted by Crippen LogP contribution is 2.25. The molecule has 0 bridgehead atoms. The van der Waals surface area contributed by atoms with Crippen LogP contribution in [0.15, 0.2) is 17.9 Å². The monoisotopic (exact) mass is 566 g/mol. The van der Waals surface area contributed by atoms with E-state index in [4.69, 9.17) is 0 Å². The van der Waals surface area contributed by atoms with E-state index in [2.05, 4.69) is 87.4 Å². The molecule has 1 rings (SSSR count). The SMILES string of the molecule is BrC(Br)=C1C#CC#CC(=C(Br)Br)CCCCCCCCCCC1. The van der Waals surface area contributed by atoms with Gasteiger partial charge >= 0.3 is 0 Å². The van der Waals surface area contributed by atoms with Crippen LogP contribution in [-0.2, 0) is 0 Å². The Morgan fingerprint density at radius 3 is 1.13 bits per heavy atom. The van der Waals surface area contributed by atoms with Gasteiger partial charge in [0.05, 0.1) is 6.78 Å². The largest absolute Gasteiger partial charge is 0.0719 e. The zero-order chi connectivity index (χ0) is 16.9. The van der Waals surface area contributed by atoms with Crippen molar-refractivity contribution in [3.05, 3.63) is 17.9 Å². The summed E-state index contributed by atoms with van der Waals surface area (Å²) in [6.45, 7) is 0. The Kier molecular flexibility index (Phi) is 12.9. The Balaban J connectivity index is 2.81. The second kappa shape index (κ2) is 13.8. The van der Waals surface area contributed by atoms with Crippen molar-refractivity contribution in [3.8, 4) is 23.7 Å². The van der Waals surface area contributed by atoms with Gasteiger partial charge in [0, 0.05) is 11.1 Å². The van der Waals surface area contributed by atoms with Crippen molar-refractivity contribution in [3.63, 3.8) is 0 Å². The molecule has 0 aromatic rings. The molecule has 0 saturated carbocycles. The summed E-state index contributed by atoms with van der Waals surface area (Å²) in [5.41, 5.74) is 2.21. The highest BCUT2D eigenvalue weighted by atomic mass is 79.9. The lowest BCUT2D eigenvalue weighted by molar-refractivity contribution is 0.559. The molecule has 0 heterocycles. The average Bonchev–Trinajstić information content (AvgIpc) is 2.51. The molecule has 0 amide bonds. The Bertz CT molecular complexity index is 491. The van der Waals surface area contributed by atoms with Crippen LogP contribution in [0, 0.1) is 23.7 Å².